The number of carbonyl (C=O) groups is 2. The first-order valence-corrected chi connectivity index (χ1v) is 26.5. The SMILES string of the molecule is CC(=O)N[C@@H]1[C@@H](OC2O[C@H](CO)[C@H](OC3O[C@H](CO)[C@@H](OC4O[C@H](COC5O[C@H](CO)[C@@H](O)[C@H](O)[C@@H]5O)[C@@H](OC5O[C@H](CO)[C@@H](O)[C@H](O)[C@@H]5O)[C@H](O)[C@H]4O)[C@H](O)[C@H]3NC(C)=O)[C@H](O)[C@H]2OC2O[C@@H](C)[C@@H](O)[C@@H](O)[C@@H]2O)[C@@H](O)[C@@H](CO)O[C@@H]1O. The van der Waals surface area contributed by atoms with Gasteiger partial charge in [0.1, 0.15) is 165 Å². The molecule has 7 saturated heterocycles. The van der Waals surface area contributed by atoms with Crippen molar-refractivity contribution < 1.29 is 173 Å². The van der Waals surface area contributed by atoms with Crippen LogP contribution < -0.4 is 10.6 Å². The van der Waals surface area contributed by atoms with E-state index < -0.39 is 266 Å². The molecule has 482 valence electrons. The number of amides is 2. The highest BCUT2D eigenvalue weighted by molar-refractivity contribution is 5.73. The van der Waals surface area contributed by atoms with Crippen molar-refractivity contribution in [3.63, 3.8) is 0 Å². The Kier molecular flexibility index (Phi) is 24.0. The van der Waals surface area contributed by atoms with Crippen molar-refractivity contribution in [2.24, 2.45) is 0 Å². The molecule has 7 aliphatic heterocycles. The van der Waals surface area contributed by atoms with Crippen LogP contribution in [0.3, 0.4) is 0 Å². The molecule has 37 heteroatoms. The third kappa shape index (κ3) is 14.7. The van der Waals surface area contributed by atoms with Gasteiger partial charge in [-0.3, -0.25) is 9.59 Å². The van der Waals surface area contributed by atoms with Gasteiger partial charge in [-0.25, -0.2) is 0 Å². The van der Waals surface area contributed by atoms with Crippen molar-refractivity contribution in [1.82, 2.24) is 10.6 Å². The van der Waals surface area contributed by atoms with Gasteiger partial charge in [0.05, 0.1) is 45.7 Å². The van der Waals surface area contributed by atoms with Gasteiger partial charge in [-0.2, -0.15) is 0 Å². The number of rotatable bonds is 20. The largest absolute Gasteiger partial charge is 0.394 e. The summed E-state index contributed by atoms with van der Waals surface area (Å²) in [5.74, 6) is -1.69. The second-order valence-corrected chi connectivity index (χ2v) is 21.1. The third-order valence-electron chi connectivity index (χ3n) is 15.3. The summed E-state index contributed by atoms with van der Waals surface area (Å²) in [5, 5.41) is 221. The first-order valence-electron chi connectivity index (χ1n) is 26.5. The van der Waals surface area contributed by atoms with Crippen molar-refractivity contribution in [2.75, 3.05) is 39.6 Å². The summed E-state index contributed by atoms with van der Waals surface area (Å²) in [6.07, 6.45) is -63.7. The molecule has 0 aromatic carbocycles. The molecule has 7 heterocycles. The van der Waals surface area contributed by atoms with E-state index in [0.29, 0.717) is 0 Å². The Hall–Kier alpha value is -2.38. The zero-order valence-corrected chi connectivity index (χ0v) is 44.5. The van der Waals surface area contributed by atoms with E-state index in [-0.39, 0.29) is 0 Å². The lowest BCUT2D eigenvalue weighted by molar-refractivity contribution is -0.398. The van der Waals surface area contributed by atoms with E-state index in [2.05, 4.69) is 10.6 Å². The lowest BCUT2D eigenvalue weighted by Gasteiger charge is -2.51. The Bertz CT molecular complexity index is 2040. The monoisotopic (exact) mass is 1220 g/mol. The molecule has 0 aromatic heterocycles. The quantitative estimate of drug-likeness (QED) is 0.0538. The van der Waals surface area contributed by atoms with Crippen molar-refractivity contribution in [1.29, 1.82) is 0 Å². The normalized spacial score (nSPS) is 50.8. The van der Waals surface area contributed by atoms with E-state index in [0.717, 1.165) is 13.8 Å². The number of hydrogen-bond acceptors (Lipinski definition) is 35. The molecule has 0 radical (unpaired) electrons. The van der Waals surface area contributed by atoms with Crippen molar-refractivity contribution in [3.8, 4) is 0 Å². The molecule has 83 heavy (non-hydrogen) atoms. The highest BCUT2D eigenvalue weighted by Gasteiger charge is 2.59. The molecule has 6 unspecified atom stereocenters. The van der Waals surface area contributed by atoms with E-state index in [1.54, 1.807) is 0 Å². The van der Waals surface area contributed by atoms with Gasteiger partial charge in [-0.15, -0.1) is 0 Å². The van der Waals surface area contributed by atoms with Gasteiger partial charge in [-0.05, 0) is 6.92 Å². The zero-order chi connectivity index (χ0) is 61.2. The van der Waals surface area contributed by atoms with Crippen LogP contribution in [0.15, 0.2) is 0 Å². The van der Waals surface area contributed by atoms with Gasteiger partial charge in [0, 0.05) is 13.8 Å². The summed E-state index contributed by atoms with van der Waals surface area (Å²) in [6, 6.07) is -3.53. The first-order chi connectivity index (χ1) is 39.2. The lowest BCUT2D eigenvalue weighted by Crippen LogP contribution is -2.71. The van der Waals surface area contributed by atoms with Gasteiger partial charge in [0.15, 0.2) is 44.0 Å². The average Bonchev–Trinajstić information content (AvgIpc) is 3.65. The first kappa shape index (κ1) is 68.1. The molecular formula is C46H78N2O35. The van der Waals surface area contributed by atoms with Gasteiger partial charge in [0.25, 0.3) is 0 Å². The minimum absolute atomic E-state index is 0.783. The predicted molar refractivity (Wildman–Crippen MR) is 254 cm³/mol. The second kappa shape index (κ2) is 29.3. The van der Waals surface area contributed by atoms with Gasteiger partial charge >= 0.3 is 0 Å². The summed E-state index contributed by atoms with van der Waals surface area (Å²) in [7, 11) is 0. The van der Waals surface area contributed by atoms with E-state index in [1.165, 1.54) is 6.92 Å². The average molecular weight is 1220 g/mol. The predicted octanol–water partition coefficient (Wildman–Crippen LogP) is -15.0. The molecule has 0 bridgehead atoms. The zero-order valence-electron chi connectivity index (χ0n) is 44.5. The Morgan fingerprint density at radius 3 is 1.24 bits per heavy atom. The highest BCUT2D eigenvalue weighted by atomic mass is 16.8. The number of aliphatic hydroxyl groups excluding tert-OH is 20. The second-order valence-electron chi connectivity index (χ2n) is 21.1. The standard InChI is InChI=1S/C46H78N2O35/c1-10-21(56)26(61)31(66)43(72-10)83-39-34(69)36(17(8-53)77-46(39)82-38-20(48-12(3)55)40(70)73-15(6-51)24(38)59)79-41-19(47-11(2)54)25(60)35(16(7-52)76-41)80-45-33(68)29(64)37(81-44-32(67)28(63)23(58)14(5-50)75-44)18(78-45)9-71-42-30(65)27(62)22(57)13(4-49)74-42/h10,13-46,49-53,56-70H,4-9H2,1-3H3,(H,47,54)(H,48,55)/t10-,13+,14+,15+,16+,17+,18+,19+,20+,21+,22+,23+,24-,25+,26+,27-,28-,29+,30-,31-,32-,33+,34-,35+,36-,37+,38+,39+,40-,41?,42?,43?,44?,45?,46?/m0/s1. The topological polar surface area (TPSA) is 583 Å². The summed E-state index contributed by atoms with van der Waals surface area (Å²) in [6.45, 7) is -2.61. The maximum atomic E-state index is 12.9. The van der Waals surface area contributed by atoms with E-state index >= 15 is 0 Å². The fourth-order valence-electron chi connectivity index (χ4n) is 10.6. The lowest BCUT2D eigenvalue weighted by atomic mass is 9.93. The van der Waals surface area contributed by atoms with E-state index in [1.807, 2.05) is 0 Å². The van der Waals surface area contributed by atoms with Crippen LogP contribution in [0.1, 0.15) is 20.8 Å². The molecule has 0 saturated carbocycles. The fourth-order valence-corrected chi connectivity index (χ4v) is 10.6. The molecule has 37 nitrogen and oxygen atoms in total. The van der Waals surface area contributed by atoms with Crippen LogP contribution in [0.2, 0.25) is 0 Å². The van der Waals surface area contributed by atoms with E-state index in [9.17, 15) is 112 Å². The molecule has 7 rings (SSSR count). The smallest absolute Gasteiger partial charge is 0.217 e. The number of carbonyl (C=O) groups excluding carboxylic acids is 2. The molecule has 22 N–H and O–H groups in total. The Labute approximate surface area is 470 Å². The molecule has 7 aliphatic rings. The van der Waals surface area contributed by atoms with Crippen LogP contribution in [0.4, 0.5) is 0 Å². The molecule has 0 aromatic rings. The Morgan fingerprint density at radius 2 is 0.711 bits per heavy atom. The summed E-state index contributed by atoms with van der Waals surface area (Å²) in [5.41, 5.74) is 0. The van der Waals surface area contributed by atoms with Crippen molar-refractivity contribution in [3.05, 3.63) is 0 Å². The molecule has 0 aliphatic carbocycles. The van der Waals surface area contributed by atoms with Crippen LogP contribution in [0, 0.1) is 0 Å². The molecule has 35 atom stereocenters. The maximum absolute atomic E-state index is 12.9. The van der Waals surface area contributed by atoms with Gasteiger partial charge in [-0.1, -0.05) is 0 Å². The number of aliphatic hydroxyl groups is 20. The third-order valence-corrected chi connectivity index (χ3v) is 15.3. The van der Waals surface area contributed by atoms with Crippen LogP contribution in [0.5, 0.6) is 0 Å². The van der Waals surface area contributed by atoms with Crippen LogP contribution in [-0.4, -0.2) is 368 Å². The van der Waals surface area contributed by atoms with Crippen LogP contribution in [0.25, 0.3) is 0 Å². The maximum Gasteiger partial charge on any atom is 0.217 e. The molecule has 2 amide bonds. The Morgan fingerprint density at radius 1 is 0.337 bits per heavy atom. The van der Waals surface area contributed by atoms with Gasteiger partial charge in [0.2, 0.25) is 11.8 Å². The molecule has 7 fully saturated rings. The Balaban J connectivity index is 1.16. The summed E-state index contributed by atoms with van der Waals surface area (Å²) >= 11 is 0. The molecule has 0 spiro atoms. The highest BCUT2D eigenvalue weighted by Crippen LogP contribution is 2.38. The van der Waals surface area contributed by atoms with Crippen LogP contribution >= 0.6 is 0 Å². The number of hydrogen-bond donors (Lipinski definition) is 22. The fraction of sp³-hybridized carbons (Fsp3) is 0.957. The van der Waals surface area contributed by atoms with E-state index in [4.69, 9.17) is 61.6 Å². The number of nitrogens with one attached hydrogen (secondary N) is 2. The summed E-state index contributed by atoms with van der Waals surface area (Å²) in [4.78, 5) is 25.1. The minimum atomic E-state index is -2.30. The molecular weight excluding hydrogens is 1140 g/mol. The van der Waals surface area contributed by atoms with Crippen molar-refractivity contribution >= 4 is 11.8 Å². The van der Waals surface area contributed by atoms with Crippen molar-refractivity contribution in [2.45, 2.75) is 236 Å². The number of ether oxygens (including phenoxy) is 13. The van der Waals surface area contributed by atoms with Gasteiger partial charge < -0.3 is 174 Å². The van der Waals surface area contributed by atoms with Crippen LogP contribution in [-0.2, 0) is 71.2 Å². The summed E-state index contributed by atoms with van der Waals surface area (Å²) < 4.78 is 75.3. The minimum Gasteiger partial charge on any atom is -0.394 e.